The molecule has 2 nitrogen and oxygen atoms in total. The number of pyridine rings is 1. The quantitative estimate of drug-likeness (QED) is 0.882. The molecule has 0 spiro atoms. The van der Waals surface area contributed by atoms with Crippen LogP contribution in [0, 0.1) is 0 Å². The number of aromatic nitrogens is 1. The first-order valence-corrected chi connectivity index (χ1v) is 5.60. The van der Waals surface area contributed by atoms with Gasteiger partial charge in [-0.2, -0.15) is 0 Å². The highest BCUT2D eigenvalue weighted by atomic mass is 35.5. The van der Waals surface area contributed by atoms with E-state index >= 15 is 0 Å². The molecule has 16 heavy (non-hydrogen) atoms. The van der Waals surface area contributed by atoms with E-state index in [1.807, 2.05) is 18.2 Å². The third-order valence-corrected chi connectivity index (χ3v) is 2.69. The van der Waals surface area contributed by atoms with Crippen LogP contribution in [0.5, 0.6) is 0 Å². The standard InChI is InChI=1S/C13H13ClN2/c14-12-6-8-16-13-5-4-10(9-11(12)13)3-1-2-7-15/h1,3-6,8-9H,2,7,15H2. The highest BCUT2D eigenvalue weighted by Crippen LogP contribution is 2.22. The first kappa shape index (κ1) is 11.1. The average molecular weight is 233 g/mol. The van der Waals surface area contributed by atoms with Gasteiger partial charge in [0.15, 0.2) is 0 Å². The van der Waals surface area contributed by atoms with Crippen LogP contribution in [0.4, 0.5) is 0 Å². The second kappa shape index (κ2) is 5.10. The van der Waals surface area contributed by atoms with Gasteiger partial charge in [0.1, 0.15) is 0 Å². The van der Waals surface area contributed by atoms with Gasteiger partial charge in [0, 0.05) is 11.6 Å². The van der Waals surface area contributed by atoms with Crippen LogP contribution in [0.2, 0.25) is 5.02 Å². The Morgan fingerprint density at radius 1 is 1.31 bits per heavy atom. The molecule has 2 aromatic rings. The summed E-state index contributed by atoms with van der Waals surface area (Å²) in [5.41, 5.74) is 7.47. The third-order valence-electron chi connectivity index (χ3n) is 2.36. The van der Waals surface area contributed by atoms with E-state index in [1.54, 1.807) is 12.3 Å². The van der Waals surface area contributed by atoms with Crippen molar-refractivity contribution < 1.29 is 0 Å². The predicted octanol–water partition coefficient (Wildman–Crippen LogP) is 3.25. The molecule has 0 aliphatic heterocycles. The van der Waals surface area contributed by atoms with E-state index in [2.05, 4.69) is 17.1 Å². The van der Waals surface area contributed by atoms with E-state index in [4.69, 9.17) is 17.3 Å². The molecule has 82 valence electrons. The van der Waals surface area contributed by atoms with Crippen LogP contribution in [-0.4, -0.2) is 11.5 Å². The Balaban J connectivity index is 2.39. The summed E-state index contributed by atoms with van der Waals surface area (Å²) >= 11 is 6.11. The van der Waals surface area contributed by atoms with Gasteiger partial charge in [-0.3, -0.25) is 4.98 Å². The van der Waals surface area contributed by atoms with Gasteiger partial charge in [0.25, 0.3) is 0 Å². The third kappa shape index (κ3) is 2.40. The second-order valence-electron chi connectivity index (χ2n) is 3.55. The van der Waals surface area contributed by atoms with E-state index in [0.29, 0.717) is 6.54 Å². The number of benzene rings is 1. The van der Waals surface area contributed by atoms with Crippen LogP contribution in [0.3, 0.4) is 0 Å². The summed E-state index contributed by atoms with van der Waals surface area (Å²) in [6.07, 6.45) is 6.72. The molecule has 0 atom stereocenters. The van der Waals surface area contributed by atoms with Crippen molar-refractivity contribution in [3.8, 4) is 0 Å². The minimum absolute atomic E-state index is 0.673. The molecule has 2 rings (SSSR count). The van der Waals surface area contributed by atoms with Gasteiger partial charge in [-0.15, -0.1) is 0 Å². The van der Waals surface area contributed by atoms with Gasteiger partial charge in [-0.1, -0.05) is 29.8 Å². The second-order valence-corrected chi connectivity index (χ2v) is 3.96. The van der Waals surface area contributed by atoms with Gasteiger partial charge in [-0.25, -0.2) is 0 Å². The average Bonchev–Trinajstić information content (AvgIpc) is 2.30. The van der Waals surface area contributed by atoms with Crippen LogP contribution in [0.1, 0.15) is 12.0 Å². The monoisotopic (exact) mass is 232 g/mol. The van der Waals surface area contributed by atoms with Gasteiger partial charge in [-0.05, 0) is 36.7 Å². The van der Waals surface area contributed by atoms with E-state index in [0.717, 1.165) is 27.9 Å². The van der Waals surface area contributed by atoms with Crippen molar-refractivity contribution in [2.45, 2.75) is 6.42 Å². The smallest absolute Gasteiger partial charge is 0.0717 e. The van der Waals surface area contributed by atoms with Crippen molar-refractivity contribution in [1.29, 1.82) is 0 Å². The Labute approximate surface area is 99.7 Å². The van der Waals surface area contributed by atoms with Crippen LogP contribution >= 0.6 is 11.6 Å². The molecular weight excluding hydrogens is 220 g/mol. The molecule has 0 bridgehead atoms. The molecular formula is C13H13ClN2. The molecule has 2 N–H and O–H groups in total. The lowest BCUT2D eigenvalue weighted by molar-refractivity contribution is 1.01. The summed E-state index contributed by atoms with van der Waals surface area (Å²) in [5.74, 6) is 0. The molecule has 0 saturated heterocycles. The number of halogens is 1. The van der Waals surface area contributed by atoms with Crippen LogP contribution in [0.25, 0.3) is 17.0 Å². The minimum Gasteiger partial charge on any atom is -0.330 e. The largest absolute Gasteiger partial charge is 0.330 e. The lowest BCUT2D eigenvalue weighted by Gasteiger charge is -2.00. The Kier molecular flexibility index (Phi) is 3.54. The number of rotatable bonds is 3. The molecule has 0 aliphatic carbocycles. The Bertz CT molecular complexity index is 520. The molecule has 3 heteroatoms. The van der Waals surface area contributed by atoms with Crippen molar-refractivity contribution in [3.63, 3.8) is 0 Å². The normalized spacial score (nSPS) is 11.4. The fourth-order valence-corrected chi connectivity index (χ4v) is 1.76. The van der Waals surface area contributed by atoms with E-state index in [-0.39, 0.29) is 0 Å². The van der Waals surface area contributed by atoms with Crippen molar-refractivity contribution in [1.82, 2.24) is 4.98 Å². The van der Waals surface area contributed by atoms with Crippen molar-refractivity contribution in [3.05, 3.63) is 47.1 Å². The zero-order chi connectivity index (χ0) is 11.4. The molecule has 1 heterocycles. The first-order valence-electron chi connectivity index (χ1n) is 5.22. The summed E-state index contributed by atoms with van der Waals surface area (Å²) in [6, 6.07) is 7.84. The Morgan fingerprint density at radius 2 is 2.19 bits per heavy atom. The van der Waals surface area contributed by atoms with E-state index in [9.17, 15) is 0 Å². The Hall–Kier alpha value is -1.38. The van der Waals surface area contributed by atoms with Crippen LogP contribution in [-0.2, 0) is 0 Å². The van der Waals surface area contributed by atoms with E-state index < -0.39 is 0 Å². The molecule has 0 radical (unpaired) electrons. The maximum atomic E-state index is 6.11. The van der Waals surface area contributed by atoms with E-state index in [1.165, 1.54) is 0 Å². The molecule has 0 amide bonds. The predicted molar refractivity (Wildman–Crippen MR) is 69.5 cm³/mol. The number of hydrogen-bond donors (Lipinski definition) is 1. The molecule has 0 fully saturated rings. The van der Waals surface area contributed by atoms with Crippen LogP contribution < -0.4 is 5.73 Å². The van der Waals surface area contributed by atoms with Gasteiger partial charge in [0.2, 0.25) is 0 Å². The Morgan fingerprint density at radius 3 is 3.00 bits per heavy atom. The number of hydrogen-bond acceptors (Lipinski definition) is 2. The minimum atomic E-state index is 0.673. The van der Waals surface area contributed by atoms with Crippen LogP contribution in [0.15, 0.2) is 36.5 Å². The topological polar surface area (TPSA) is 38.9 Å². The van der Waals surface area contributed by atoms with Crippen molar-refractivity contribution in [2.24, 2.45) is 5.73 Å². The maximum Gasteiger partial charge on any atom is 0.0717 e. The van der Waals surface area contributed by atoms with Crippen molar-refractivity contribution >= 4 is 28.6 Å². The SMILES string of the molecule is NCCC=Cc1ccc2nccc(Cl)c2c1. The summed E-state index contributed by atoms with van der Waals surface area (Å²) in [4.78, 5) is 4.25. The zero-order valence-electron chi connectivity index (χ0n) is 8.86. The first-order chi connectivity index (χ1) is 7.81. The van der Waals surface area contributed by atoms with Crippen molar-refractivity contribution in [2.75, 3.05) is 6.54 Å². The molecule has 0 unspecified atom stereocenters. The lowest BCUT2D eigenvalue weighted by atomic mass is 10.1. The summed E-state index contributed by atoms with van der Waals surface area (Å²) in [7, 11) is 0. The van der Waals surface area contributed by atoms with Gasteiger partial charge >= 0.3 is 0 Å². The van der Waals surface area contributed by atoms with Gasteiger partial charge in [0.05, 0.1) is 10.5 Å². The summed E-state index contributed by atoms with van der Waals surface area (Å²) in [5, 5.41) is 1.72. The highest BCUT2D eigenvalue weighted by molar-refractivity contribution is 6.35. The highest BCUT2D eigenvalue weighted by Gasteiger charge is 1.99. The number of nitrogens with two attached hydrogens (primary N) is 1. The number of nitrogens with zero attached hydrogens (tertiary/aromatic N) is 1. The zero-order valence-corrected chi connectivity index (χ0v) is 9.61. The molecule has 1 aromatic carbocycles. The summed E-state index contributed by atoms with van der Waals surface area (Å²) < 4.78 is 0. The molecule has 0 saturated carbocycles. The fraction of sp³-hybridized carbons (Fsp3) is 0.154. The fourth-order valence-electron chi connectivity index (χ4n) is 1.55. The van der Waals surface area contributed by atoms with Gasteiger partial charge < -0.3 is 5.73 Å². The molecule has 1 aromatic heterocycles. The summed E-state index contributed by atoms with van der Waals surface area (Å²) in [6.45, 7) is 0.673. The number of fused-ring (bicyclic) bond motifs is 1. The maximum absolute atomic E-state index is 6.11. The lowest BCUT2D eigenvalue weighted by Crippen LogP contribution is -1.94. The molecule has 0 aliphatic rings.